The lowest BCUT2D eigenvalue weighted by Crippen LogP contribution is -2.65. The van der Waals surface area contributed by atoms with Gasteiger partial charge in [-0.2, -0.15) is 0 Å². The van der Waals surface area contributed by atoms with E-state index in [1.54, 1.807) is 0 Å². The van der Waals surface area contributed by atoms with Crippen LogP contribution in [0, 0.1) is 17.8 Å². The van der Waals surface area contributed by atoms with Crippen LogP contribution in [0.2, 0.25) is 0 Å². The Kier molecular flexibility index (Phi) is 5.04. The summed E-state index contributed by atoms with van der Waals surface area (Å²) in [5.41, 5.74) is -0.825. The highest BCUT2D eigenvalue weighted by molar-refractivity contribution is 5.23. The van der Waals surface area contributed by atoms with Crippen LogP contribution in [0.5, 0.6) is 0 Å². The van der Waals surface area contributed by atoms with E-state index in [0.717, 1.165) is 45.7 Å². The molecule has 3 aliphatic rings. The molecule has 0 radical (unpaired) electrons. The minimum atomic E-state index is -0.826. The standard InChI is InChI=1S/C19H32N2O2/c1-18(2)15-19(22,9-6-10-21-11-13-23-14-12-21)16-7-4-5-8-17(16)20(18)3/h16-17,22H,4-5,7-8,10-15H2,1-3H3/t16-,17-,19+/m0/s1. The zero-order valence-electron chi connectivity index (χ0n) is 15.0. The molecule has 0 aromatic rings. The fourth-order valence-electron chi connectivity index (χ4n) is 4.70. The summed E-state index contributed by atoms with van der Waals surface area (Å²) in [5, 5.41) is 11.4. The SMILES string of the molecule is CN1[C@H]2CCCC[C@@H]2[C@@](O)(C#CCN2CCOCC2)CC1(C)C. The number of ether oxygens (including phenoxy) is 1. The van der Waals surface area contributed by atoms with E-state index in [-0.39, 0.29) is 5.54 Å². The molecule has 2 saturated heterocycles. The first-order chi connectivity index (χ1) is 10.9. The summed E-state index contributed by atoms with van der Waals surface area (Å²) in [5.74, 6) is 6.92. The van der Waals surface area contributed by atoms with E-state index in [4.69, 9.17) is 4.74 Å². The Balaban J connectivity index is 1.74. The van der Waals surface area contributed by atoms with Crippen molar-refractivity contribution in [1.82, 2.24) is 9.80 Å². The number of morpholine rings is 1. The maximum atomic E-state index is 11.4. The summed E-state index contributed by atoms with van der Waals surface area (Å²) in [4.78, 5) is 4.81. The van der Waals surface area contributed by atoms with Crippen LogP contribution in [0.3, 0.4) is 0 Å². The first-order valence-corrected chi connectivity index (χ1v) is 9.18. The molecular formula is C19H32N2O2. The zero-order chi connectivity index (χ0) is 16.5. The van der Waals surface area contributed by atoms with Crippen LogP contribution in [-0.2, 0) is 4.74 Å². The number of rotatable bonds is 1. The van der Waals surface area contributed by atoms with Gasteiger partial charge in [0.2, 0.25) is 0 Å². The molecule has 130 valence electrons. The predicted octanol–water partition coefficient (Wildman–Crippen LogP) is 1.73. The molecule has 0 aromatic heterocycles. The van der Waals surface area contributed by atoms with Crippen molar-refractivity contribution in [3.63, 3.8) is 0 Å². The molecule has 3 atom stereocenters. The summed E-state index contributed by atoms with van der Waals surface area (Å²) in [6, 6.07) is 0.468. The van der Waals surface area contributed by atoms with E-state index in [9.17, 15) is 5.11 Å². The zero-order valence-corrected chi connectivity index (χ0v) is 15.0. The molecule has 1 N–H and O–H groups in total. The van der Waals surface area contributed by atoms with Gasteiger partial charge in [0, 0.05) is 37.0 Å². The maximum Gasteiger partial charge on any atom is 0.131 e. The van der Waals surface area contributed by atoms with Gasteiger partial charge < -0.3 is 9.84 Å². The van der Waals surface area contributed by atoms with Crippen molar-refractivity contribution in [2.45, 2.75) is 63.1 Å². The Morgan fingerprint density at radius 3 is 2.61 bits per heavy atom. The van der Waals surface area contributed by atoms with Gasteiger partial charge in [-0.1, -0.05) is 24.7 Å². The number of hydrogen-bond donors (Lipinski definition) is 1. The molecule has 0 unspecified atom stereocenters. The third-order valence-electron chi connectivity index (χ3n) is 6.21. The van der Waals surface area contributed by atoms with Gasteiger partial charge in [-0.3, -0.25) is 9.80 Å². The van der Waals surface area contributed by atoms with Crippen molar-refractivity contribution in [2.75, 3.05) is 39.9 Å². The maximum absolute atomic E-state index is 11.4. The van der Waals surface area contributed by atoms with Gasteiger partial charge in [-0.15, -0.1) is 0 Å². The lowest BCUT2D eigenvalue weighted by molar-refractivity contribution is -0.122. The molecule has 2 heterocycles. The van der Waals surface area contributed by atoms with Crippen LogP contribution in [0.25, 0.3) is 0 Å². The monoisotopic (exact) mass is 320 g/mol. The molecule has 23 heavy (non-hydrogen) atoms. The average Bonchev–Trinajstić information content (AvgIpc) is 2.54. The van der Waals surface area contributed by atoms with Gasteiger partial charge in [0.05, 0.1) is 19.8 Å². The van der Waals surface area contributed by atoms with Crippen molar-refractivity contribution in [3.05, 3.63) is 0 Å². The van der Waals surface area contributed by atoms with Crippen molar-refractivity contribution < 1.29 is 9.84 Å². The van der Waals surface area contributed by atoms with Crippen LogP contribution in [0.15, 0.2) is 0 Å². The third kappa shape index (κ3) is 3.58. The highest BCUT2D eigenvalue weighted by Crippen LogP contribution is 2.46. The molecule has 4 nitrogen and oxygen atoms in total. The van der Waals surface area contributed by atoms with E-state index in [1.807, 2.05) is 0 Å². The van der Waals surface area contributed by atoms with Gasteiger partial charge in [-0.05, 0) is 33.7 Å². The molecule has 3 rings (SSSR count). The molecule has 0 aromatic carbocycles. The second kappa shape index (κ2) is 6.72. The summed E-state index contributed by atoms with van der Waals surface area (Å²) < 4.78 is 5.38. The number of likely N-dealkylation sites (tertiary alicyclic amines) is 1. The van der Waals surface area contributed by atoms with Crippen molar-refractivity contribution in [2.24, 2.45) is 5.92 Å². The predicted molar refractivity (Wildman–Crippen MR) is 92.2 cm³/mol. The fraction of sp³-hybridized carbons (Fsp3) is 0.895. The summed E-state index contributed by atoms with van der Waals surface area (Å²) in [7, 11) is 2.23. The molecule has 4 heteroatoms. The first kappa shape index (κ1) is 17.2. The van der Waals surface area contributed by atoms with Crippen LogP contribution >= 0.6 is 0 Å². The number of piperidine rings is 1. The van der Waals surface area contributed by atoms with E-state index in [2.05, 4.69) is 42.5 Å². The van der Waals surface area contributed by atoms with Crippen molar-refractivity contribution in [3.8, 4) is 11.8 Å². The smallest absolute Gasteiger partial charge is 0.131 e. The Morgan fingerprint density at radius 2 is 1.87 bits per heavy atom. The van der Waals surface area contributed by atoms with E-state index < -0.39 is 5.60 Å². The van der Waals surface area contributed by atoms with Gasteiger partial charge in [0.25, 0.3) is 0 Å². The fourth-order valence-corrected chi connectivity index (χ4v) is 4.70. The molecule has 3 fully saturated rings. The van der Waals surface area contributed by atoms with Crippen molar-refractivity contribution in [1.29, 1.82) is 0 Å². The largest absolute Gasteiger partial charge is 0.379 e. The van der Waals surface area contributed by atoms with Gasteiger partial charge in [0.1, 0.15) is 5.60 Å². The summed E-state index contributed by atoms with van der Waals surface area (Å²) >= 11 is 0. The molecule has 0 amide bonds. The summed E-state index contributed by atoms with van der Waals surface area (Å²) in [6.07, 6.45) is 5.54. The van der Waals surface area contributed by atoms with Crippen LogP contribution < -0.4 is 0 Å². The quantitative estimate of drug-likeness (QED) is 0.747. The average molecular weight is 320 g/mol. The third-order valence-corrected chi connectivity index (χ3v) is 6.21. The molecule has 2 aliphatic heterocycles. The highest BCUT2D eigenvalue weighted by Gasteiger charge is 2.52. The van der Waals surface area contributed by atoms with Gasteiger partial charge >= 0.3 is 0 Å². The molecule has 0 bridgehead atoms. The molecule has 1 aliphatic carbocycles. The van der Waals surface area contributed by atoms with Crippen LogP contribution in [0.4, 0.5) is 0 Å². The topological polar surface area (TPSA) is 35.9 Å². The summed E-state index contributed by atoms with van der Waals surface area (Å²) in [6.45, 7) is 8.74. The second-order valence-corrected chi connectivity index (χ2v) is 8.17. The molecule has 0 spiro atoms. The highest BCUT2D eigenvalue weighted by atomic mass is 16.5. The Hall–Kier alpha value is -0.600. The Labute approximate surface area is 141 Å². The van der Waals surface area contributed by atoms with E-state index in [1.165, 1.54) is 19.3 Å². The van der Waals surface area contributed by atoms with E-state index >= 15 is 0 Å². The van der Waals surface area contributed by atoms with Crippen molar-refractivity contribution >= 4 is 0 Å². The van der Waals surface area contributed by atoms with Gasteiger partial charge in [0.15, 0.2) is 0 Å². The molecule has 1 saturated carbocycles. The first-order valence-electron chi connectivity index (χ1n) is 9.18. The number of aliphatic hydroxyl groups is 1. The van der Waals surface area contributed by atoms with Crippen LogP contribution in [0.1, 0.15) is 46.0 Å². The normalized spacial score (nSPS) is 38.4. The van der Waals surface area contributed by atoms with E-state index in [0.29, 0.717) is 12.0 Å². The minimum absolute atomic E-state index is 0.000894. The van der Waals surface area contributed by atoms with Crippen LogP contribution in [-0.4, -0.2) is 72.0 Å². The number of nitrogens with zero attached hydrogens (tertiary/aromatic N) is 2. The lowest BCUT2D eigenvalue weighted by atomic mass is 9.64. The number of fused-ring (bicyclic) bond motifs is 1. The second-order valence-electron chi connectivity index (χ2n) is 8.17. The Bertz CT molecular complexity index is 475. The number of hydrogen-bond acceptors (Lipinski definition) is 4. The Morgan fingerprint density at radius 1 is 1.17 bits per heavy atom. The van der Waals surface area contributed by atoms with Gasteiger partial charge in [-0.25, -0.2) is 0 Å². The lowest BCUT2D eigenvalue weighted by Gasteiger charge is -2.56. The minimum Gasteiger partial charge on any atom is -0.379 e. The molecular weight excluding hydrogens is 288 g/mol.